The van der Waals surface area contributed by atoms with Crippen LogP contribution in [-0.2, 0) is 0 Å². The molecule has 0 atom stereocenters. The first-order valence-electron chi connectivity index (χ1n) is 3.29. The largest absolute Gasteiger partial charge is 0.200 e. The molecule has 0 aliphatic carbocycles. The second-order valence-corrected chi connectivity index (χ2v) is 20.7. The molecule has 1 rings (SSSR count). The fourth-order valence-electron chi connectivity index (χ4n) is 1.04. The summed E-state index contributed by atoms with van der Waals surface area (Å²) in [7, 11) is 0.111. The predicted octanol–water partition coefficient (Wildman–Crippen LogP) is 3.36. The first kappa shape index (κ1) is 8.49. The van der Waals surface area contributed by atoms with Crippen LogP contribution in [0.2, 0.25) is 30.7 Å². The van der Waals surface area contributed by atoms with Crippen LogP contribution in [0.5, 0.6) is 0 Å². The molecule has 0 nitrogen and oxygen atoms in total. The zero-order chi connectivity index (χ0) is 6.91. The number of hydrogen-bond acceptors (Lipinski definition) is 0. The van der Waals surface area contributed by atoms with Gasteiger partial charge in [-0.2, -0.15) is 0 Å². The van der Waals surface area contributed by atoms with Crippen molar-refractivity contribution in [2.24, 2.45) is 0 Å². The highest BCUT2D eigenvalue weighted by molar-refractivity contribution is 9.51. The topological polar surface area (TPSA) is 0 Å². The van der Waals surface area contributed by atoms with Crippen molar-refractivity contribution in [1.29, 1.82) is 0 Å². The van der Waals surface area contributed by atoms with E-state index in [1.165, 1.54) is 24.2 Å². The van der Waals surface area contributed by atoms with Crippen molar-refractivity contribution in [2.75, 3.05) is 0 Å². The van der Waals surface area contributed by atoms with Crippen LogP contribution in [0.25, 0.3) is 0 Å². The van der Waals surface area contributed by atoms with E-state index < -0.39 is 5.31 Å². The summed E-state index contributed by atoms with van der Waals surface area (Å²) in [6.45, 7) is 2.45. The Kier molecular flexibility index (Phi) is 3.01. The third-order valence-electron chi connectivity index (χ3n) is 1.84. The first-order chi connectivity index (χ1) is 4.10. The molecule has 0 aromatic rings. The lowest BCUT2D eigenvalue weighted by Gasteiger charge is -2.25. The molecule has 1 fully saturated rings. The molecule has 0 amide bonds. The van der Waals surface area contributed by atoms with Crippen LogP contribution in [0.15, 0.2) is 0 Å². The van der Waals surface area contributed by atoms with Crippen molar-refractivity contribution in [3.8, 4) is 0 Å². The molecule has 4 heteroatoms. The van der Waals surface area contributed by atoms with Crippen molar-refractivity contribution in [3.05, 3.63) is 0 Å². The first-order valence-corrected chi connectivity index (χ1v) is 12.6. The Morgan fingerprint density at radius 1 is 1.22 bits per heavy atom. The van der Waals surface area contributed by atoms with Gasteiger partial charge in [-0.05, 0) is 12.1 Å². The smallest absolute Gasteiger partial charge is 0.111 e. The minimum absolute atomic E-state index is 0.111. The predicted molar refractivity (Wildman–Crippen MR) is 54.5 cm³/mol. The average molecular weight is 287 g/mol. The van der Waals surface area contributed by atoms with Gasteiger partial charge in [0, 0.05) is 8.80 Å². The Bertz CT molecular complexity index is 95.1. The Balaban J connectivity index is 2.35. The van der Waals surface area contributed by atoms with E-state index in [9.17, 15) is 0 Å². The standard InChI is InChI=1S/C5H11Br2Si2/c1-8-2-4-9(6,7)5-3-8/h2-5H2,1H3. The molecule has 1 saturated heterocycles. The molecule has 0 aromatic carbocycles. The van der Waals surface area contributed by atoms with Crippen molar-refractivity contribution in [2.45, 2.75) is 30.7 Å². The molecule has 1 heterocycles. The Morgan fingerprint density at radius 3 is 2.00 bits per heavy atom. The van der Waals surface area contributed by atoms with Crippen molar-refractivity contribution < 1.29 is 0 Å². The maximum Gasteiger partial charge on any atom is 0.200 e. The highest BCUT2D eigenvalue weighted by Gasteiger charge is 2.31. The van der Waals surface area contributed by atoms with Crippen LogP contribution in [-0.4, -0.2) is 14.1 Å². The minimum atomic E-state index is -0.982. The molecule has 1 radical (unpaired) electrons. The van der Waals surface area contributed by atoms with Gasteiger partial charge in [-0.1, -0.05) is 18.6 Å². The minimum Gasteiger partial charge on any atom is -0.111 e. The monoisotopic (exact) mass is 285 g/mol. The summed E-state index contributed by atoms with van der Waals surface area (Å²) < 4.78 is 0. The van der Waals surface area contributed by atoms with Gasteiger partial charge in [-0.3, -0.25) is 0 Å². The van der Waals surface area contributed by atoms with E-state index in [4.69, 9.17) is 0 Å². The summed E-state index contributed by atoms with van der Waals surface area (Å²) in [5.41, 5.74) is 0. The van der Waals surface area contributed by atoms with Crippen LogP contribution < -0.4 is 0 Å². The maximum atomic E-state index is 3.79. The van der Waals surface area contributed by atoms with E-state index in [1.54, 1.807) is 0 Å². The molecule has 0 saturated carbocycles. The molecular weight excluding hydrogens is 276 g/mol. The summed E-state index contributed by atoms with van der Waals surface area (Å²) in [5, 5.41) is -0.982. The van der Waals surface area contributed by atoms with Gasteiger partial charge < -0.3 is 0 Å². The van der Waals surface area contributed by atoms with Gasteiger partial charge in [-0.15, -0.1) is 30.6 Å². The Morgan fingerprint density at radius 2 is 1.67 bits per heavy atom. The molecule has 53 valence electrons. The van der Waals surface area contributed by atoms with E-state index in [0.717, 1.165) is 0 Å². The van der Waals surface area contributed by atoms with Gasteiger partial charge in [0.15, 0.2) is 0 Å². The summed E-state index contributed by atoms with van der Waals surface area (Å²) in [4.78, 5) is 0. The number of hydrogen-bond donors (Lipinski definition) is 0. The molecule has 0 bridgehead atoms. The molecule has 9 heavy (non-hydrogen) atoms. The third-order valence-corrected chi connectivity index (χ3v) is 11.8. The van der Waals surface area contributed by atoms with Gasteiger partial charge in [0.25, 0.3) is 0 Å². The molecule has 0 N–H and O–H groups in total. The van der Waals surface area contributed by atoms with Crippen LogP contribution in [0, 0.1) is 0 Å². The van der Waals surface area contributed by atoms with Crippen LogP contribution in [0.1, 0.15) is 0 Å². The molecule has 0 unspecified atom stereocenters. The molecule has 0 spiro atoms. The van der Waals surface area contributed by atoms with Crippen molar-refractivity contribution in [1.82, 2.24) is 0 Å². The quantitative estimate of drug-likeness (QED) is 0.473. The zero-order valence-corrected chi connectivity index (χ0v) is 10.8. The van der Waals surface area contributed by atoms with E-state index in [0.29, 0.717) is 0 Å². The molecule has 0 aromatic heterocycles. The zero-order valence-electron chi connectivity index (χ0n) is 5.58. The summed E-state index contributed by atoms with van der Waals surface area (Å²) >= 11 is 7.58. The fraction of sp³-hybridized carbons (Fsp3) is 1.00. The van der Waals surface area contributed by atoms with E-state index in [-0.39, 0.29) is 8.80 Å². The van der Waals surface area contributed by atoms with Gasteiger partial charge in [0.2, 0.25) is 5.31 Å². The Labute approximate surface area is 75.2 Å². The summed E-state index contributed by atoms with van der Waals surface area (Å²) in [6, 6.07) is 5.95. The van der Waals surface area contributed by atoms with Crippen LogP contribution in [0.3, 0.4) is 0 Å². The normalized spacial score (nSPS) is 28.3. The SMILES string of the molecule is C[Si]1CC[Si](Br)(Br)CC1. The molecular formula is C5H11Br2Si2. The fourth-order valence-corrected chi connectivity index (χ4v) is 15.0. The third kappa shape index (κ3) is 2.86. The van der Waals surface area contributed by atoms with E-state index >= 15 is 0 Å². The van der Waals surface area contributed by atoms with Gasteiger partial charge in [-0.25, -0.2) is 0 Å². The summed E-state index contributed by atoms with van der Waals surface area (Å²) in [5.74, 6) is 0. The highest BCUT2D eigenvalue weighted by atomic mass is 79.9. The lowest BCUT2D eigenvalue weighted by atomic mass is 10.9. The van der Waals surface area contributed by atoms with Crippen molar-refractivity contribution in [3.63, 3.8) is 0 Å². The number of halogens is 2. The van der Waals surface area contributed by atoms with Gasteiger partial charge >= 0.3 is 0 Å². The Hall–Kier alpha value is 1.39. The van der Waals surface area contributed by atoms with Crippen LogP contribution >= 0.6 is 30.6 Å². The lowest BCUT2D eigenvalue weighted by Crippen LogP contribution is -2.27. The van der Waals surface area contributed by atoms with Gasteiger partial charge in [0.05, 0.1) is 0 Å². The molecule has 1 aliphatic rings. The molecule has 1 aliphatic heterocycles. The second kappa shape index (κ2) is 3.19. The lowest BCUT2D eigenvalue weighted by molar-refractivity contribution is 1.20. The average Bonchev–Trinajstić information content (AvgIpc) is 1.78. The summed E-state index contributed by atoms with van der Waals surface area (Å²) in [6.07, 6.45) is 0. The van der Waals surface area contributed by atoms with E-state index in [1.807, 2.05) is 0 Å². The van der Waals surface area contributed by atoms with Crippen LogP contribution in [0.4, 0.5) is 0 Å². The van der Waals surface area contributed by atoms with Crippen molar-refractivity contribution >= 4 is 44.7 Å². The highest BCUT2D eigenvalue weighted by Crippen LogP contribution is 2.38. The van der Waals surface area contributed by atoms with E-state index in [2.05, 4.69) is 37.1 Å². The maximum absolute atomic E-state index is 3.79. The second-order valence-electron chi connectivity index (χ2n) is 2.81. The van der Waals surface area contributed by atoms with Gasteiger partial charge in [0.1, 0.15) is 0 Å². The number of rotatable bonds is 0.